The Labute approximate surface area is 626 Å². The third kappa shape index (κ3) is 76.3. The van der Waals surface area contributed by atoms with Gasteiger partial charge in [0.05, 0.1) is 26.4 Å². The van der Waals surface area contributed by atoms with Crippen LogP contribution in [0.3, 0.4) is 0 Å². The molecule has 0 aliphatic carbocycles. The molecule has 0 rings (SSSR count). The Morgan fingerprint density at radius 3 is 0.667 bits per heavy atom. The standard InChI is InChI=1S/C83H162O17P2/c1-7-9-11-13-15-17-19-21-22-23-24-25-26-27-33-37-43-50-56-62-68-83(88)99-78(71-93-80(85)65-59-53-47-41-35-32-29-28-31-34-39-45-51-57-63-75(3)4)73-97-101(89,90)95-69-77(84)70-96-102(91,92)98-74-79(72-94-81(86)66-60-54-48-44-38-40-46-52-58-64-76(5)6)100-82(87)67-61-55-49-42-36-30-20-18-16-14-12-10-8-2/h75-79,84H,7-74H2,1-6H3,(H,89,90)(H,91,92)/t77-,78-,79-/m1/s1. The molecule has 0 saturated carbocycles. The van der Waals surface area contributed by atoms with Gasteiger partial charge in [0, 0.05) is 25.7 Å². The molecule has 0 aliphatic heterocycles. The van der Waals surface area contributed by atoms with Crippen molar-refractivity contribution in [2.45, 2.75) is 458 Å². The highest BCUT2D eigenvalue weighted by atomic mass is 31.2. The van der Waals surface area contributed by atoms with Gasteiger partial charge in [-0.25, -0.2) is 9.13 Å². The molecule has 0 amide bonds. The first-order valence-electron chi connectivity index (χ1n) is 43.0. The molecule has 606 valence electrons. The van der Waals surface area contributed by atoms with Crippen LogP contribution in [-0.2, 0) is 65.4 Å². The molecule has 0 spiro atoms. The van der Waals surface area contributed by atoms with Gasteiger partial charge in [0.1, 0.15) is 19.3 Å². The molecule has 0 fully saturated rings. The van der Waals surface area contributed by atoms with E-state index in [9.17, 15) is 43.2 Å². The lowest BCUT2D eigenvalue weighted by atomic mass is 10.0. The number of unbranched alkanes of at least 4 members (excludes halogenated alkanes) is 52. The zero-order chi connectivity index (χ0) is 74.9. The van der Waals surface area contributed by atoms with Crippen LogP contribution < -0.4 is 0 Å². The summed E-state index contributed by atoms with van der Waals surface area (Å²) in [6.45, 7) is 9.66. The van der Waals surface area contributed by atoms with Gasteiger partial charge in [0.2, 0.25) is 0 Å². The van der Waals surface area contributed by atoms with E-state index >= 15 is 0 Å². The molecule has 0 aromatic rings. The highest BCUT2D eigenvalue weighted by Crippen LogP contribution is 2.45. The molecule has 0 saturated heterocycles. The second-order valence-electron chi connectivity index (χ2n) is 30.8. The second kappa shape index (κ2) is 74.5. The number of phosphoric ester groups is 2. The predicted octanol–water partition coefficient (Wildman–Crippen LogP) is 25.1. The van der Waals surface area contributed by atoms with Gasteiger partial charge in [-0.2, -0.15) is 0 Å². The number of ether oxygens (including phenoxy) is 4. The number of phosphoric acid groups is 2. The van der Waals surface area contributed by atoms with E-state index in [1.54, 1.807) is 0 Å². The van der Waals surface area contributed by atoms with Gasteiger partial charge in [-0.1, -0.05) is 388 Å². The maximum absolute atomic E-state index is 13.1. The minimum absolute atomic E-state index is 0.108. The monoisotopic (exact) mass is 1490 g/mol. The Morgan fingerprint density at radius 1 is 0.265 bits per heavy atom. The van der Waals surface area contributed by atoms with E-state index in [0.29, 0.717) is 25.7 Å². The number of esters is 4. The molecule has 0 heterocycles. The van der Waals surface area contributed by atoms with E-state index in [2.05, 4.69) is 41.5 Å². The largest absolute Gasteiger partial charge is 0.472 e. The summed E-state index contributed by atoms with van der Waals surface area (Å²) in [5.74, 6) is -0.562. The fourth-order valence-electron chi connectivity index (χ4n) is 12.9. The smallest absolute Gasteiger partial charge is 0.462 e. The molecule has 0 aromatic heterocycles. The fourth-order valence-corrected chi connectivity index (χ4v) is 14.5. The Hall–Kier alpha value is -1.94. The first-order valence-corrected chi connectivity index (χ1v) is 46.0. The number of aliphatic hydroxyl groups excluding tert-OH is 1. The lowest BCUT2D eigenvalue weighted by Crippen LogP contribution is -2.30. The second-order valence-corrected chi connectivity index (χ2v) is 33.7. The maximum atomic E-state index is 13.1. The number of carbonyl (C=O) groups is 4. The summed E-state index contributed by atoms with van der Waals surface area (Å²) in [7, 11) is -9.92. The zero-order valence-corrected chi connectivity index (χ0v) is 68.7. The van der Waals surface area contributed by atoms with Crippen molar-refractivity contribution in [3.8, 4) is 0 Å². The zero-order valence-electron chi connectivity index (χ0n) is 66.9. The molecule has 2 unspecified atom stereocenters. The molecule has 5 atom stereocenters. The molecular weight excluding hydrogens is 1330 g/mol. The van der Waals surface area contributed by atoms with Crippen LogP contribution in [0.25, 0.3) is 0 Å². The van der Waals surface area contributed by atoms with Crippen LogP contribution in [0.4, 0.5) is 0 Å². The van der Waals surface area contributed by atoms with E-state index in [0.717, 1.165) is 102 Å². The quantitative estimate of drug-likeness (QED) is 0.0222. The number of hydrogen-bond acceptors (Lipinski definition) is 15. The Morgan fingerprint density at radius 2 is 0.451 bits per heavy atom. The molecule has 0 aliphatic rings. The lowest BCUT2D eigenvalue weighted by molar-refractivity contribution is -0.161. The van der Waals surface area contributed by atoms with Crippen LogP contribution in [0.5, 0.6) is 0 Å². The maximum Gasteiger partial charge on any atom is 0.472 e. The van der Waals surface area contributed by atoms with Crippen molar-refractivity contribution in [2.24, 2.45) is 11.8 Å². The van der Waals surface area contributed by atoms with Crippen LogP contribution in [0, 0.1) is 11.8 Å². The van der Waals surface area contributed by atoms with Gasteiger partial charge in [0.15, 0.2) is 12.2 Å². The Bertz CT molecular complexity index is 1960. The van der Waals surface area contributed by atoms with Crippen molar-refractivity contribution < 1.29 is 80.2 Å². The molecular formula is C83H162O17P2. The van der Waals surface area contributed by atoms with Crippen molar-refractivity contribution >= 4 is 39.5 Å². The minimum atomic E-state index is -4.96. The molecule has 3 N–H and O–H groups in total. The summed E-state index contributed by atoms with van der Waals surface area (Å²) in [6, 6.07) is 0. The first kappa shape index (κ1) is 100. The summed E-state index contributed by atoms with van der Waals surface area (Å²) < 4.78 is 68.8. The average molecular weight is 1490 g/mol. The van der Waals surface area contributed by atoms with Gasteiger partial charge >= 0.3 is 39.5 Å². The normalized spacial score (nSPS) is 13.9. The van der Waals surface area contributed by atoms with Gasteiger partial charge in [-0.15, -0.1) is 0 Å². The average Bonchev–Trinajstić information content (AvgIpc) is 0.910. The number of carbonyl (C=O) groups excluding carboxylic acids is 4. The molecule has 0 aromatic carbocycles. The van der Waals surface area contributed by atoms with Crippen LogP contribution in [0.15, 0.2) is 0 Å². The molecule has 19 heteroatoms. The van der Waals surface area contributed by atoms with Crippen molar-refractivity contribution in [1.29, 1.82) is 0 Å². The molecule has 0 radical (unpaired) electrons. The SMILES string of the molecule is CCCCCCCCCCCCCCCCCCCCCCC(=O)O[C@H](COC(=O)CCCCCCCCCCCCCCCCC(C)C)COP(=O)(O)OC[C@@H](O)COP(=O)(O)OC[C@@H](COC(=O)CCCCCCCCCCCC(C)C)OC(=O)CCCCCCCCCCCCCCC. The summed E-state index contributed by atoms with van der Waals surface area (Å²) in [5, 5.41) is 10.7. The van der Waals surface area contributed by atoms with Crippen LogP contribution in [-0.4, -0.2) is 96.7 Å². The number of hydrogen-bond donors (Lipinski definition) is 3. The fraction of sp³-hybridized carbons (Fsp3) is 0.952. The van der Waals surface area contributed by atoms with Gasteiger partial charge in [0.25, 0.3) is 0 Å². The topological polar surface area (TPSA) is 237 Å². The van der Waals surface area contributed by atoms with Crippen molar-refractivity contribution in [3.05, 3.63) is 0 Å². The summed E-state index contributed by atoms with van der Waals surface area (Å²) >= 11 is 0. The molecule has 102 heavy (non-hydrogen) atoms. The predicted molar refractivity (Wildman–Crippen MR) is 418 cm³/mol. The number of rotatable bonds is 82. The Balaban J connectivity index is 5.24. The van der Waals surface area contributed by atoms with Crippen LogP contribution in [0.1, 0.15) is 440 Å². The third-order valence-electron chi connectivity index (χ3n) is 19.5. The number of aliphatic hydroxyl groups is 1. The van der Waals surface area contributed by atoms with E-state index in [-0.39, 0.29) is 25.7 Å². The van der Waals surface area contributed by atoms with Gasteiger partial charge < -0.3 is 33.8 Å². The van der Waals surface area contributed by atoms with Crippen molar-refractivity contribution in [3.63, 3.8) is 0 Å². The third-order valence-corrected chi connectivity index (χ3v) is 21.4. The van der Waals surface area contributed by atoms with Gasteiger partial charge in [-0.05, 0) is 37.5 Å². The van der Waals surface area contributed by atoms with Crippen LogP contribution >= 0.6 is 15.6 Å². The summed E-state index contributed by atoms with van der Waals surface area (Å²) in [6.07, 6.45) is 65.2. The van der Waals surface area contributed by atoms with Gasteiger partial charge in [-0.3, -0.25) is 37.3 Å². The van der Waals surface area contributed by atoms with Crippen LogP contribution in [0.2, 0.25) is 0 Å². The van der Waals surface area contributed by atoms with E-state index < -0.39 is 97.5 Å². The van der Waals surface area contributed by atoms with E-state index in [1.807, 2.05) is 0 Å². The van der Waals surface area contributed by atoms with Crippen molar-refractivity contribution in [2.75, 3.05) is 39.6 Å². The lowest BCUT2D eigenvalue weighted by Gasteiger charge is -2.21. The minimum Gasteiger partial charge on any atom is -0.462 e. The Kier molecular flexibility index (Phi) is 73.1. The summed E-state index contributed by atoms with van der Waals surface area (Å²) in [5.41, 5.74) is 0. The molecule has 0 bridgehead atoms. The highest BCUT2D eigenvalue weighted by molar-refractivity contribution is 7.47. The first-order chi connectivity index (χ1) is 49.4. The van der Waals surface area contributed by atoms with E-state index in [4.69, 9.17) is 37.0 Å². The molecule has 17 nitrogen and oxygen atoms in total. The summed E-state index contributed by atoms with van der Waals surface area (Å²) in [4.78, 5) is 73.1. The van der Waals surface area contributed by atoms with Crippen molar-refractivity contribution in [1.82, 2.24) is 0 Å². The van der Waals surface area contributed by atoms with E-state index in [1.165, 1.54) is 257 Å². The highest BCUT2D eigenvalue weighted by Gasteiger charge is 2.30.